The number of aliphatic hydroxyl groups is 1. The highest BCUT2D eigenvalue weighted by atomic mass is 16.6. The number of hydrogen-bond donors (Lipinski definition) is 1. The molecular formula is C12H14N4O3. The summed E-state index contributed by atoms with van der Waals surface area (Å²) in [7, 11) is 0. The van der Waals surface area contributed by atoms with Crippen LogP contribution in [-0.2, 0) is 11.3 Å². The first-order valence-electron chi connectivity index (χ1n) is 6.27. The molecule has 0 spiro atoms. The average Bonchev–Trinajstić information content (AvgIpc) is 2.89. The standard InChI is InChI=1S/C12H14N4O3/c13-15-14-10-6-16(7-11(10)17)12(18)19-8-9-4-2-1-3-5-9/h1-5,10-11,17H,6-8H2/t10-,11-/m1/s1/i17T. The second kappa shape index (κ2) is 6.08. The van der Waals surface area contributed by atoms with Gasteiger partial charge in [0.05, 0.1) is 18.7 Å². The topological polar surface area (TPSA) is 98.5 Å². The lowest BCUT2D eigenvalue weighted by molar-refractivity contribution is 0.0971. The van der Waals surface area contributed by atoms with E-state index in [1.54, 1.807) is 0 Å². The van der Waals surface area contributed by atoms with E-state index in [0.717, 1.165) is 5.56 Å². The number of β-amino-alcohol motifs (C(OH)–C–C–N with tert-alkyl or cyclic N) is 1. The maximum absolute atomic E-state index is 11.9. The summed E-state index contributed by atoms with van der Waals surface area (Å²) in [6, 6.07) is 8.76. The molecule has 1 heterocycles. The van der Waals surface area contributed by atoms with E-state index in [1.165, 1.54) is 4.90 Å². The molecular weight excluding hydrogens is 248 g/mol. The summed E-state index contributed by atoms with van der Waals surface area (Å²) in [5.41, 5.74) is 9.31. The van der Waals surface area contributed by atoms with Gasteiger partial charge in [0, 0.05) is 11.5 Å². The molecule has 0 aliphatic carbocycles. The van der Waals surface area contributed by atoms with Gasteiger partial charge in [-0.3, -0.25) is 0 Å². The van der Waals surface area contributed by atoms with Gasteiger partial charge in [0.1, 0.15) is 6.61 Å². The second-order valence-electron chi connectivity index (χ2n) is 4.26. The summed E-state index contributed by atoms with van der Waals surface area (Å²) >= 11 is 0. The van der Waals surface area contributed by atoms with E-state index in [1.807, 2.05) is 30.3 Å². The number of likely N-dealkylation sites (tertiary alicyclic amines) is 1. The highest BCUT2D eigenvalue weighted by molar-refractivity contribution is 5.68. The smallest absolute Gasteiger partial charge is 0.410 e. The van der Waals surface area contributed by atoms with Gasteiger partial charge in [-0.15, -0.1) is 0 Å². The van der Waals surface area contributed by atoms with Crippen LogP contribution >= 0.6 is 0 Å². The number of benzene rings is 1. The fourth-order valence-corrected chi connectivity index (χ4v) is 1.89. The number of rotatable bonds is 4. The van der Waals surface area contributed by atoms with Crippen LogP contribution in [-0.4, -0.2) is 42.8 Å². The van der Waals surface area contributed by atoms with Crippen molar-refractivity contribution in [2.75, 3.05) is 13.1 Å². The fourth-order valence-electron chi connectivity index (χ4n) is 1.89. The first-order chi connectivity index (χ1) is 9.74. The summed E-state index contributed by atoms with van der Waals surface area (Å²) in [5, 5.41) is 7.97. The van der Waals surface area contributed by atoms with Gasteiger partial charge in [-0.05, 0) is 11.1 Å². The van der Waals surface area contributed by atoms with Crippen LogP contribution in [0, 0.1) is 0 Å². The number of nitrogens with zero attached hydrogens (tertiary/aromatic N) is 4. The molecule has 7 nitrogen and oxygen atoms in total. The van der Waals surface area contributed by atoms with E-state index < -0.39 is 18.2 Å². The van der Waals surface area contributed by atoms with Gasteiger partial charge in [0.15, 0.2) is 0 Å². The zero-order valence-electron chi connectivity index (χ0n) is 11.2. The van der Waals surface area contributed by atoms with Crippen molar-refractivity contribution in [3.05, 3.63) is 46.3 Å². The van der Waals surface area contributed by atoms with Crippen LogP contribution in [0.1, 0.15) is 5.56 Å². The zero-order chi connectivity index (χ0) is 14.4. The van der Waals surface area contributed by atoms with Gasteiger partial charge in [0.25, 0.3) is 0 Å². The summed E-state index contributed by atoms with van der Waals surface area (Å²) in [5.74, 6) is 0. The Hall–Kier alpha value is -2.24. The van der Waals surface area contributed by atoms with Gasteiger partial charge >= 0.3 is 6.09 Å². The lowest BCUT2D eigenvalue weighted by Gasteiger charge is -2.15. The Bertz CT molecular complexity index is 507. The lowest BCUT2D eigenvalue weighted by atomic mass is 10.2. The second-order valence-corrected chi connectivity index (χ2v) is 4.26. The van der Waals surface area contributed by atoms with Crippen LogP contribution < -0.4 is 0 Å². The molecule has 1 aliphatic rings. The van der Waals surface area contributed by atoms with Crippen molar-refractivity contribution in [3.8, 4) is 0 Å². The van der Waals surface area contributed by atoms with Gasteiger partial charge < -0.3 is 14.7 Å². The SMILES string of the molecule is [3H]O[C@@H]1CN(C(=O)OCc2ccccc2)C[C@H]1N=[N+]=[N-]. The molecule has 1 amide bonds. The quantitative estimate of drug-likeness (QED) is 0.508. The van der Waals surface area contributed by atoms with E-state index in [-0.39, 0.29) is 19.7 Å². The van der Waals surface area contributed by atoms with Crippen molar-refractivity contribution in [2.24, 2.45) is 5.11 Å². The minimum absolute atomic E-state index is 0.175. The third-order valence-corrected chi connectivity index (χ3v) is 2.90. The van der Waals surface area contributed by atoms with E-state index >= 15 is 0 Å². The highest BCUT2D eigenvalue weighted by Gasteiger charge is 2.34. The normalized spacial score (nSPS) is 22.5. The van der Waals surface area contributed by atoms with Crippen LogP contribution in [0.5, 0.6) is 0 Å². The molecule has 0 bridgehead atoms. The molecule has 0 aromatic heterocycles. The third-order valence-electron chi connectivity index (χ3n) is 2.90. The summed E-state index contributed by atoms with van der Waals surface area (Å²) in [4.78, 5) is 15.9. The molecule has 0 unspecified atom stereocenters. The molecule has 1 N–H and O–H groups in total. The maximum Gasteiger partial charge on any atom is 0.410 e. The summed E-state index contributed by atoms with van der Waals surface area (Å²) in [6.07, 6.45) is -1.12. The Kier molecular flexibility index (Phi) is 3.79. The maximum atomic E-state index is 11.9. The number of amides is 1. The predicted molar refractivity (Wildman–Crippen MR) is 67.1 cm³/mol. The van der Waals surface area contributed by atoms with Crippen LogP contribution in [0.15, 0.2) is 35.4 Å². The monoisotopic (exact) mass is 264 g/mol. The molecule has 2 atom stereocenters. The van der Waals surface area contributed by atoms with Gasteiger partial charge in [0.2, 0.25) is 1.43 Å². The van der Waals surface area contributed by atoms with Crippen LogP contribution in [0.25, 0.3) is 10.4 Å². The Labute approximate surface area is 111 Å². The van der Waals surface area contributed by atoms with E-state index in [9.17, 15) is 4.79 Å². The van der Waals surface area contributed by atoms with Crippen molar-refractivity contribution in [1.29, 1.82) is 1.43 Å². The number of ether oxygens (including phenoxy) is 1. The number of carbonyl (C=O) groups is 1. The highest BCUT2D eigenvalue weighted by Crippen LogP contribution is 2.15. The number of azide groups is 1. The lowest BCUT2D eigenvalue weighted by Crippen LogP contribution is -2.30. The molecule has 1 aromatic carbocycles. The number of carbonyl (C=O) groups excluding carboxylic acids is 1. The molecule has 19 heavy (non-hydrogen) atoms. The molecule has 0 radical (unpaired) electrons. The van der Waals surface area contributed by atoms with Crippen LogP contribution in [0.2, 0.25) is 0 Å². The molecule has 1 saturated heterocycles. The molecule has 1 fully saturated rings. The van der Waals surface area contributed by atoms with Gasteiger partial charge in [-0.25, -0.2) is 4.79 Å². The summed E-state index contributed by atoms with van der Waals surface area (Å²) in [6.45, 7) is 0.552. The minimum atomic E-state index is -0.616. The number of aliphatic hydroxyl groups excluding tert-OH is 1. The molecule has 100 valence electrons. The third kappa shape index (κ3) is 3.37. The minimum Gasteiger partial charge on any atom is -0.445 e. The average molecular weight is 264 g/mol. The van der Waals surface area contributed by atoms with Crippen molar-refractivity contribution in [3.63, 3.8) is 0 Å². The van der Waals surface area contributed by atoms with E-state index in [2.05, 4.69) is 15.1 Å². The molecule has 7 heteroatoms. The van der Waals surface area contributed by atoms with Crippen molar-refractivity contribution in [2.45, 2.75) is 18.8 Å². The first-order valence-corrected chi connectivity index (χ1v) is 5.86. The number of hydrogen-bond acceptors (Lipinski definition) is 4. The van der Waals surface area contributed by atoms with Crippen molar-refractivity contribution in [1.82, 2.24) is 4.90 Å². The largest absolute Gasteiger partial charge is 0.445 e. The Morgan fingerprint density at radius 2 is 2.37 bits per heavy atom. The molecule has 1 aromatic rings. The van der Waals surface area contributed by atoms with Gasteiger partial charge in [-0.2, -0.15) is 0 Å². The van der Waals surface area contributed by atoms with E-state index in [0.29, 0.717) is 0 Å². The molecule has 0 saturated carbocycles. The van der Waals surface area contributed by atoms with Crippen LogP contribution in [0.4, 0.5) is 4.79 Å². The van der Waals surface area contributed by atoms with Crippen molar-refractivity contribution < 1.29 is 14.6 Å². The fraction of sp³-hybridized carbons (Fsp3) is 0.417. The Morgan fingerprint density at radius 1 is 1.58 bits per heavy atom. The predicted octanol–water partition coefficient (Wildman–Crippen LogP) is 1.68. The van der Waals surface area contributed by atoms with Crippen LogP contribution in [0.3, 0.4) is 0 Å². The van der Waals surface area contributed by atoms with E-state index in [4.69, 9.17) is 11.7 Å². The Morgan fingerprint density at radius 3 is 3.05 bits per heavy atom. The molecule has 2 rings (SSSR count). The van der Waals surface area contributed by atoms with Gasteiger partial charge in [-0.1, -0.05) is 35.4 Å². The first kappa shape index (κ1) is 11.8. The Balaban J connectivity index is 1.89. The molecule has 1 aliphatic heterocycles. The zero-order valence-corrected chi connectivity index (χ0v) is 10.2. The van der Waals surface area contributed by atoms with Crippen molar-refractivity contribution >= 4 is 6.09 Å². The summed E-state index contributed by atoms with van der Waals surface area (Å²) < 4.78 is 12.1.